The zero-order valence-corrected chi connectivity index (χ0v) is 16.3. The number of carbonyl (C=O) groups is 2. The molecule has 2 aromatic rings. The number of rotatable bonds is 5. The Bertz CT molecular complexity index is 898. The molecule has 1 saturated heterocycles. The standard InChI is InChI=1S/C18H15BrN4O3S/c19-12-3-5-13(6-4-12)21-16(25)9-15-17(26)22-18(27-15)23-20-10-11-1-7-14(24)8-2-11/h1-8,10,15,24H,9H2,(H,21,25)(H,22,23,26)/b20-10+/t15-/m0/s1. The third-order valence-corrected chi connectivity index (χ3v) is 5.12. The number of nitrogens with one attached hydrogen (secondary N) is 2. The van der Waals surface area contributed by atoms with Crippen LogP contribution in [0.4, 0.5) is 5.69 Å². The maximum absolute atomic E-state index is 12.1. The van der Waals surface area contributed by atoms with Crippen molar-refractivity contribution in [3.63, 3.8) is 0 Å². The molecule has 138 valence electrons. The Labute approximate surface area is 168 Å². The van der Waals surface area contributed by atoms with Gasteiger partial charge in [-0.15, -0.1) is 5.10 Å². The van der Waals surface area contributed by atoms with E-state index in [0.717, 1.165) is 21.8 Å². The Morgan fingerprint density at radius 2 is 1.93 bits per heavy atom. The number of anilines is 1. The zero-order valence-electron chi connectivity index (χ0n) is 13.9. The number of hydrogen-bond donors (Lipinski definition) is 3. The lowest BCUT2D eigenvalue weighted by atomic mass is 10.2. The SMILES string of the molecule is O=C(C[C@@H]1S/C(=N/N=C/c2ccc(O)cc2)NC1=O)Nc1ccc(Br)cc1. The van der Waals surface area contributed by atoms with Crippen LogP contribution < -0.4 is 10.6 Å². The van der Waals surface area contributed by atoms with Gasteiger partial charge < -0.3 is 15.7 Å². The third-order valence-electron chi connectivity index (χ3n) is 3.52. The van der Waals surface area contributed by atoms with Crippen LogP contribution in [0.2, 0.25) is 0 Å². The van der Waals surface area contributed by atoms with Gasteiger partial charge in [-0.3, -0.25) is 9.59 Å². The van der Waals surface area contributed by atoms with Crippen molar-refractivity contribution in [1.82, 2.24) is 5.32 Å². The van der Waals surface area contributed by atoms with Crippen LogP contribution >= 0.6 is 27.7 Å². The molecule has 27 heavy (non-hydrogen) atoms. The predicted molar refractivity (Wildman–Crippen MR) is 110 cm³/mol. The average molecular weight is 447 g/mol. The van der Waals surface area contributed by atoms with Crippen molar-refractivity contribution < 1.29 is 14.7 Å². The van der Waals surface area contributed by atoms with Crippen molar-refractivity contribution in [2.75, 3.05) is 5.32 Å². The smallest absolute Gasteiger partial charge is 0.240 e. The molecule has 1 aliphatic rings. The molecule has 0 spiro atoms. The lowest BCUT2D eigenvalue weighted by molar-refractivity contribution is -0.122. The lowest BCUT2D eigenvalue weighted by Crippen LogP contribution is -2.28. The largest absolute Gasteiger partial charge is 0.508 e. The van der Waals surface area contributed by atoms with Crippen molar-refractivity contribution in [2.24, 2.45) is 10.2 Å². The molecule has 9 heteroatoms. The van der Waals surface area contributed by atoms with Gasteiger partial charge in [0, 0.05) is 16.6 Å². The van der Waals surface area contributed by atoms with Crippen LogP contribution in [-0.2, 0) is 9.59 Å². The number of amidine groups is 1. The fraction of sp³-hybridized carbons (Fsp3) is 0.111. The summed E-state index contributed by atoms with van der Waals surface area (Å²) < 4.78 is 0.917. The number of phenols is 1. The lowest BCUT2D eigenvalue weighted by Gasteiger charge is -2.07. The van der Waals surface area contributed by atoms with Gasteiger partial charge in [-0.05, 0) is 54.1 Å². The summed E-state index contributed by atoms with van der Waals surface area (Å²) in [5.41, 5.74) is 1.43. The summed E-state index contributed by atoms with van der Waals surface area (Å²) in [5, 5.41) is 22.3. The minimum absolute atomic E-state index is 0.0350. The van der Waals surface area contributed by atoms with Gasteiger partial charge in [-0.2, -0.15) is 5.10 Å². The predicted octanol–water partition coefficient (Wildman–Crippen LogP) is 3.11. The summed E-state index contributed by atoms with van der Waals surface area (Å²) in [5.74, 6) is -0.357. The first-order valence-electron chi connectivity index (χ1n) is 7.92. The summed E-state index contributed by atoms with van der Waals surface area (Å²) >= 11 is 4.50. The van der Waals surface area contributed by atoms with Gasteiger partial charge in [0.1, 0.15) is 11.0 Å². The second-order valence-corrected chi connectivity index (χ2v) is 7.70. The Morgan fingerprint density at radius 3 is 2.63 bits per heavy atom. The number of thioether (sulfide) groups is 1. The van der Waals surface area contributed by atoms with E-state index in [-0.39, 0.29) is 24.0 Å². The van der Waals surface area contributed by atoms with Gasteiger partial charge in [0.15, 0.2) is 5.17 Å². The molecule has 0 saturated carbocycles. The van der Waals surface area contributed by atoms with Crippen molar-refractivity contribution in [3.8, 4) is 5.75 Å². The first-order valence-corrected chi connectivity index (χ1v) is 9.60. The van der Waals surface area contributed by atoms with Crippen LogP contribution in [0, 0.1) is 0 Å². The Kier molecular flexibility index (Phi) is 6.25. The molecule has 3 rings (SSSR count). The zero-order chi connectivity index (χ0) is 19.2. The van der Waals surface area contributed by atoms with E-state index in [4.69, 9.17) is 0 Å². The fourth-order valence-electron chi connectivity index (χ4n) is 2.21. The highest BCUT2D eigenvalue weighted by atomic mass is 79.9. The van der Waals surface area contributed by atoms with Crippen molar-refractivity contribution >= 4 is 56.6 Å². The van der Waals surface area contributed by atoms with E-state index < -0.39 is 5.25 Å². The summed E-state index contributed by atoms with van der Waals surface area (Å²) in [6.45, 7) is 0. The molecular weight excluding hydrogens is 432 g/mol. The number of carbonyl (C=O) groups excluding carboxylic acids is 2. The normalized spacial score (nSPS) is 18.0. The Morgan fingerprint density at radius 1 is 1.22 bits per heavy atom. The molecule has 0 bridgehead atoms. The molecule has 2 aromatic carbocycles. The molecule has 2 amide bonds. The topological polar surface area (TPSA) is 103 Å². The van der Waals surface area contributed by atoms with Crippen LogP contribution in [0.25, 0.3) is 0 Å². The summed E-state index contributed by atoms with van der Waals surface area (Å²) in [6.07, 6.45) is 1.54. The molecule has 0 aromatic heterocycles. The molecule has 0 radical (unpaired) electrons. The molecule has 1 heterocycles. The quantitative estimate of drug-likeness (QED) is 0.484. The highest BCUT2D eigenvalue weighted by molar-refractivity contribution is 9.10. The number of nitrogens with zero attached hydrogens (tertiary/aromatic N) is 2. The molecule has 7 nitrogen and oxygen atoms in total. The number of benzene rings is 2. The van der Waals surface area contributed by atoms with Crippen LogP contribution in [0.3, 0.4) is 0 Å². The van der Waals surface area contributed by atoms with Crippen LogP contribution in [0.1, 0.15) is 12.0 Å². The number of aromatic hydroxyl groups is 1. The minimum atomic E-state index is -0.553. The number of halogens is 1. The minimum Gasteiger partial charge on any atom is -0.508 e. The number of amides is 2. The van der Waals surface area contributed by atoms with E-state index in [0.29, 0.717) is 10.9 Å². The van der Waals surface area contributed by atoms with Crippen LogP contribution in [-0.4, -0.2) is 33.6 Å². The molecule has 1 atom stereocenters. The fourth-order valence-corrected chi connectivity index (χ4v) is 3.40. The second kappa shape index (κ2) is 8.83. The summed E-state index contributed by atoms with van der Waals surface area (Å²) in [7, 11) is 0. The average Bonchev–Trinajstić information content (AvgIpc) is 2.98. The van der Waals surface area contributed by atoms with Gasteiger partial charge in [0.25, 0.3) is 0 Å². The highest BCUT2D eigenvalue weighted by Crippen LogP contribution is 2.23. The first-order chi connectivity index (χ1) is 13.0. The van der Waals surface area contributed by atoms with Gasteiger partial charge in [-0.1, -0.05) is 27.7 Å². The number of hydrogen-bond acceptors (Lipinski definition) is 6. The Hall–Kier alpha value is -2.65. The second-order valence-electron chi connectivity index (χ2n) is 5.60. The van der Waals surface area contributed by atoms with Crippen molar-refractivity contribution in [1.29, 1.82) is 0 Å². The van der Waals surface area contributed by atoms with Gasteiger partial charge >= 0.3 is 0 Å². The van der Waals surface area contributed by atoms with Gasteiger partial charge in [0.2, 0.25) is 11.8 Å². The number of phenolic OH excluding ortho intramolecular Hbond substituents is 1. The van der Waals surface area contributed by atoms with E-state index >= 15 is 0 Å². The maximum Gasteiger partial charge on any atom is 0.240 e. The van der Waals surface area contributed by atoms with Gasteiger partial charge in [-0.25, -0.2) is 0 Å². The molecule has 1 fully saturated rings. The van der Waals surface area contributed by atoms with E-state index in [9.17, 15) is 14.7 Å². The monoisotopic (exact) mass is 446 g/mol. The van der Waals surface area contributed by atoms with E-state index in [2.05, 4.69) is 36.8 Å². The molecule has 3 N–H and O–H groups in total. The van der Waals surface area contributed by atoms with Crippen molar-refractivity contribution in [2.45, 2.75) is 11.7 Å². The van der Waals surface area contributed by atoms with Crippen LogP contribution in [0.5, 0.6) is 5.75 Å². The summed E-state index contributed by atoms with van der Waals surface area (Å²) in [4.78, 5) is 24.1. The van der Waals surface area contributed by atoms with Crippen molar-refractivity contribution in [3.05, 3.63) is 58.6 Å². The summed E-state index contributed by atoms with van der Waals surface area (Å²) in [6, 6.07) is 13.7. The van der Waals surface area contributed by atoms with E-state index in [1.54, 1.807) is 36.4 Å². The highest BCUT2D eigenvalue weighted by Gasteiger charge is 2.32. The van der Waals surface area contributed by atoms with E-state index in [1.165, 1.54) is 6.21 Å². The first kappa shape index (κ1) is 19.1. The van der Waals surface area contributed by atoms with Crippen LogP contribution in [0.15, 0.2) is 63.2 Å². The Balaban J connectivity index is 1.54. The van der Waals surface area contributed by atoms with Gasteiger partial charge in [0.05, 0.1) is 6.21 Å². The molecule has 1 aliphatic heterocycles. The molecule has 0 aliphatic carbocycles. The maximum atomic E-state index is 12.1. The molecular formula is C18H15BrN4O3S. The molecule has 0 unspecified atom stereocenters. The third kappa shape index (κ3) is 5.66. The van der Waals surface area contributed by atoms with E-state index in [1.807, 2.05) is 12.1 Å².